The lowest BCUT2D eigenvalue weighted by molar-refractivity contribution is -0.0814. The first-order valence-corrected chi connectivity index (χ1v) is 7.23. The van der Waals surface area contributed by atoms with Gasteiger partial charge in [-0.2, -0.15) is 5.26 Å². The Hall–Kier alpha value is -1.60. The van der Waals surface area contributed by atoms with E-state index in [1.54, 1.807) is 18.3 Å². The van der Waals surface area contributed by atoms with Gasteiger partial charge in [0.25, 0.3) is 0 Å². The fourth-order valence-electron chi connectivity index (χ4n) is 2.87. The summed E-state index contributed by atoms with van der Waals surface area (Å²) < 4.78 is 5.97. The van der Waals surface area contributed by atoms with Gasteiger partial charge in [0.15, 0.2) is 0 Å². The van der Waals surface area contributed by atoms with Gasteiger partial charge in [-0.1, -0.05) is 20.8 Å². The molecule has 2 atom stereocenters. The first-order chi connectivity index (χ1) is 9.52. The molecule has 1 aromatic heterocycles. The van der Waals surface area contributed by atoms with Gasteiger partial charge in [0.05, 0.1) is 11.7 Å². The number of aromatic nitrogens is 1. The van der Waals surface area contributed by atoms with Crippen molar-refractivity contribution in [2.75, 3.05) is 18.5 Å². The smallest absolute Gasteiger partial charge is 0.143 e. The number of nitriles is 1. The number of rotatable bonds is 3. The van der Waals surface area contributed by atoms with Crippen LogP contribution < -0.4 is 5.32 Å². The molecule has 4 nitrogen and oxygen atoms in total. The summed E-state index contributed by atoms with van der Waals surface area (Å²) in [5.41, 5.74) is 0.728. The van der Waals surface area contributed by atoms with E-state index in [4.69, 9.17) is 10.00 Å². The van der Waals surface area contributed by atoms with E-state index in [-0.39, 0.29) is 11.5 Å². The van der Waals surface area contributed by atoms with Crippen LogP contribution in [-0.4, -0.2) is 24.2 Å². The highest BCUT2D eigenvalue weighted by atomic mass is 16.5. The summed E-state index contributed by atoms with van der Waals surface area (Å²) in [7, 11) is 0. The van der Waals surface area contributed by atoms with E-state index in [1.165, 1.54) is 0 Å². The zero-order chi connectivity index (χ0) is 14.6. The van der Waals surface area contributed by atoms with Crippen molar-refractivity contribution >= 4 is 5.82 Å². The zero-order valence-electron chi connectivity index (χ0n) is 12.5. The predicted molar refractivity (Wildman–Crippen MR) is 79.4 cm³/mol. The van der Waals surface area contributed by atoms with E-state index in [1.807, 2.05) is 0 Å². The van der Waals surface area contributed by atoms with Crippen LogP contribution >= 0.6 is 0 Å². The number of anilines is 1. The van der Waals surface area contributed by atoms with Gasteiger partial charge in [-0.15, -0.1) is 0 Å². The highest BCUT2D eigenvalue weighted by Gasteiger charge is 2.35. The summed E-state index contributed by atoms with van der Waals surface area (Å²) in [5.74, 6) is 1.13. The number of ether oxygens (including phenoxy) is 1. The van der Waals surface area contributed by atoms with Gasteiger partial charge in [-0.25, -0.2) is 4.98 Å². The summed E-state index contributed by atoms with van der Waals surface area (Å²) in [6.45, 7) is 8.31. The molecule has 2 rings (SSSR count). The van der Waals surface area contributed by atoms with Crippen molar-refractivity contribution < 1.29 is 4.74 Å². The molecule has 1 aliphatic heterocycles. The Morgan fingerprint density at radius 3 is 3.00 bits per heavy atom. The van der Waals surface area contributed by atoms with Crippen molar-refractivity contribution in [2.45, 2.75) is 39.7 Å². The topological polar surface area (TPSA) is 57.9 Å². The Morgan fingerprint density at radius 2 is 2.30 bits per heavy atom. The lowest BCUT2D eigenvalue weighted by atomic mass is 9.78. The SMILES string of the molecule is CC(C)(C)C1OCCCC1CNc1ncccc1C#N. The van der Waals surface area contributed by atoms with Crippen molar-refractivity contribution in [3.8, 4) is 6.07 Å². The van der Waals surface area contributed by atoms with Gasteiger partial charge in [0.1, 0.15) is 11.9 Å². The number of hydrogen-bond donors (Lipinski definition) is 1. The summed E-state index contributed by atoms with van der Waals surface area (Å²) in [5, 5.41) is 12.4. The molecule has 0 radical (unpaired) electrons. The molecule has 2 heterocycles. The van der Waals surface area contributed by atoms with Crippen molar-refractivity contribution in [3.63, 3.8) is 0 Å². The second-order valence-corrected chi connectivity index (χ2v) is 6.45. The monoisotopic (exact) mass is 273 g/mol. The molecule has 1 aromatic rings. The van der Waals surface area contributed by atoms with Crippen LogP contribution in [0.3, 0.4) is 0 Å². The van der Waals surface area contributed by atoms with Crippen molar-refractivity contribution in [3.05, 3.63) is 23.9 Å². The number of nitrogens with one attached hydrogen (secondary N) is 1. The van der Waals surface area contributed by atoms with E-state index in [0.717, 1.165) is 26.0 Å². The molecule has 4 heteroatoms. The second-order valence-electron chi connectivity index (χ2n) is 6.45. The van der Waals surface area contributed by atoms with Crippen LogP contribution in [0.1, 0.15) is 39.2 Å². The zero-order valence-corrected chi connectivity index (χ0v) is 12.5. The predicted octanol–water partition coefficient (Wildman–Crippen LogP) is 3.21. The van der Waals surface area contributed by atoms with Crippen LogP contribution in [0, 0.1) is 22.7 Å². The van der Waals surface area contributed by atoms with Gasteiger partial charge in [-0.05, 0) is 30.4 Å². The average Bonchev–Trinajstić information content (AvgIpc) is 2.44. The average molecular weight is 273 g/mol. The van der Waals surface area contributed by atoms with E-state index in [0.29, 0.717) is 17.3 Å². The minimum Gasteiger partial charge on any atom is -0.377 e. The normalized spacial score (nSPS) is 23.1. The minimum atomic E-state index is 0.134. The standard InChI is InChI=1S/C16H23N3O/c1-16(2,3)14-13(7-5-9-20-14)11-19-15-12(10-17)6-4-8-18-15/h4,6,8,13-14H,5,7,9,11H2,1-3H3,(H,18,19). The molecule has 0 aromatic carbocycles. The van der Waals surface area contributed by atoms with Crippen molar-refractivity contribution in [2.24, 2.45) is 11.3 Å². The largest absolute Gasteiger partial charge is 0.377 e. The fraction of sp³-hybridized carbons (Fsp3) is 0.625. The molecule has 1 N–H and O–H groups in total. The third kappa shape index (κ3) is 3.49. The molecule has 0 amide bonds. The Bertz CT molecular complexity index is 487. The second kappa shape index (κ2) is 6.23. The quantitative estimate of drug-likeness (QED) is 0.918. The molecule has 2 unspecified atom stereocenters. The molecule has 0 aliphatic carbocycles. The van der Waals surface area contributed by atoms with Gasteiger partial charge >= 0.3 is 0 Å². The molecule has 0 saturated carbocycles. The van der Waals surface area contributed by atoms with E-state index in [9.17, 15) is 0 Å². The van der Waals surface area contributed by atoms with E-state index in [2.05, 4.69) is 37.1 Å². The van der Waals surface area contributed by atoms with Gasteiger partial charge in [0, 0.05) is 25.3 Å². The summed E-state index contributed by atoms with van der Waals surface area (Å²) in [6, 6.07) is 5.74. The number of hydrogen-bond acceptors (Lipinski definition) is 4. The Morgan fingerprint density at radius 1 is 1.50 bits per heavy atom. The third-order valence-corrected chi connectivity index (χ3v) is 3.76. The number of nitrogens with zero attached hydrogens (tertiary/aromatic N) is 2. The van der Waals surface area contributed by atoms with Crippen LogP contribution in [-0.2, 0) is 4.74 Å². The first kappa shape index (κ1) is 14.8. The van der Waals surface area contributed by atoms with Crippen LogP contribution in [0.25, 0.3) is 0 Å². The molecule has 1 saturated heterocycles. The van der Waals surface area contributed by atoms with Crippen LogP contribution in [0.2, 0.25) is 0 Å². The molecular weight excluding hydrogens is 250 g/mol. The summed E-state index contributed by atoms with van der Waals surface area (Å²) in [6.07, 6.45) is 4.22. The van der Waals surface area contributed by atoms with E-state index < -0.39 is 0 Å². The van der Waals surface area contributed by atoms with E-state index >= 15 is 0 Å². The van der Waals surface area contributed by atoms with Gasteiger partial charge in [0.2, 0.25) is 0 Å². The molecule has 1 fully saturated rings. The highest BCUT2D eigenvalue weighted by Crippen LogP contribution is 2.34. The lowest BCUT2D eigenvalue weighted by Gasteiger charge is -2.40. The maximum Gasteiger partial charge on any atom is 0.143 e. The summed E-state index contributed by atoms with van der Waals surface area (Å²) >= 11 is 0. The molecule has 0 spiro atoms. The van der Waals surface area contributed by atoms with Crippen LogP contribution in [0.5, 0.6) is 0 Å². The van der Waals surface area contributed by atoms with Crippen LogP contribution in [0.15, 0.2) is 18.3 Å². The van der Waals surface area contributed by atoms with Gasteiger partial charge in [-0.3, -0.25) is 0 Å². The minimum absolute atomic E-state index is 0.134. The Balaban J connectivity index is 2.03. The van der Waals surface area contributed by atoms with Crippen LogP contribution in [0.4, 0.5) is 5.82 Å². The maximum atomic E-state index is 9.08. The highest BCUT2D eigenvalue weighted by molar-refractivity contribution is 5.51. The first-order valence-electron chi connectivity index (χ1n) is 7.23. The summed E-state index contributed by atoms with van der Waals surface area (Å²) in [4.78, 5) is 4.25. The lowest BCUT2D eigenvalue weighted by Crippen LogP contribution is -2.42. The van der Waals surface area contributed by atoms with Gasteiger partial charge < -0.3 is 10.1 Å². The molecule has 108 valence electrons. The molecule has 20 heavy (non-hydrogen) atoms. The Kier molecular flexibility index (Phi) is 4.61. The molecule has 1 aliphatic rings. The maximum absolute atomic E-state index is 9.08. The third-order valence-electron chi connectivity index (χ3n) is 3.76. The van der Waals surface area contributed by atoms with Crippen molar-refractivity contribution in [1.82, 2.24) is 4.98 Å². The Labute approximate surface area is 121 Å². The fourth-order valence-corrected chi connectivity index (χ4v) is 2.87. The molecular formula is C16H23N3O. The number of pyridine rings is 1. The molecule has 0 bridgehead atoms. The van der Waals surface area contributed by atoms with Crippen molar-refractivity contribution in [1.29, 1.82) is 5.26 Å².